The Kier molecular flexibility index (Phi) is 5.66. The van der Waals surface area contributed by atoms with E-state index in [9.17, 15) is 9.59 Å². The van der Waals surface area contributed by atoms with Crippen molar-refractivity contribution in [2.45, 2.75) is 31.7 Å². The standard InChI is InChI=1S/C17H25N3O4/c1-3-12-4-5-13(14(10-12)23-2)24-11-15(21)20-8-6-17(19,7-9-20)16(18)22/h4-5,10H,3,6-9,11,19H2,1-2H3,(H2,18,22). The number of aryl methyl sites for hydroxylation is 1. The first kappa shape index (κ1) is 18.1. The summed E-state index contributed by atoms with van der Waals surface area (Å²) in [7, 11) is 1.57. The van der Waals surface area contributed by atoms with Gasteiger partial charge in [0.2, 0.25) is 5.91 Å². The smallest absolute Gasteiger partial charge is 0.260 e. The van der Waals surface area contributed by atoms with Crippen LogP contribution in [0.15, 0.2) is 18.2 Å². The van der Waals surface area contributed by atoms with Gasteiger partial charge in [0, 0.05) is 13.1 Å². The first-order chi connectivity index (χ1) is 11.4. The maximum Gasteiger partial charge on any atom is 0.260 e. The number of benzene rings is 1. The van der Waals surface area contributed by atoms with Crippen molar-refractivity contribution in [3.05, 3.63) is 23.8 Å². The molecule has 0 radical (unpaired) electrons. The summed E-state index contributed by atoms with van der Waals surface area (Å²) in [5, 5.41) is 0. The summed E-state index contributed by atoms with van der Waals surface area (Å²) < 4.78 is 10.9. The largest absolute Gasteiger partial charge is 0.493 e. The van der Waals surface area contributed by atoms with Crippen LogP contribution in [-0.2, 0) is 16.0 Å². The molecular formula is C17H25N3O4. The lowest BCUT2D eigenvalue weighted by Gasteiger charge is -2.36. The summed E-state index contributed by atoms with van der Waals surface area (Å²) in [4.78, 5) is 25.3. The molecule has 4 N–H and O–H groups in total. The van der Waals surface area contributed by atoms with Crippen LogP contribution >= 0.6 is 0 Å². The van der Waals surface area contributed by atoms with Crippen LogP contribution in [0.2, 0.25) is 0 Å². The Labute approximate surface area is 141 Å². The van der Waals surface area contributed by atoms with Crippen molar-refractivity contribution in [2.75, 3.05) is 26.8 Å². The highest BCUT2D eigenvalue weighted by Crippen LogP contribution is 2.28. The third kappa shape index (κ3) is 3.97. The van der Waals surface area contributed by atoms with Crippen molar-refractivity contribution in [3.8, 4) is 11.5 Å². The van der Waals surface area contributed by atoms with Crippen LogP contribution in [0.4, 0.5) is 0 Å². The summed E-state index contributed by atoms with van der Waals surface area (Å²) in [5.41, 5.74) is 11.4. The van der Waals surface area contributed by atoms with Gasteiger partial charge < -0.3 is 25.8 Å². The van der Waals surface area contributed by atoms with Gasteiger partial charge in [0.25, 0.3) is 5.91 Å². The lowest BCUT2D eigenvalue weighted by Crippen LogP contribution is -2.59. The third-order valence-electron chi connectivity index (χ3n) is 4.49. The summed E-state index contributed by atoms with van der Waals surface area (Å²) in [6.45, 7) is 2.76. The molecule has 1 aliphatic rings. The second kappa shape index (κ2) is 7.53. The second-order valence-corrected chi connectivity index (χ2v) is 6.03. The molecule has 1 aliphatic heterocycles. The Morgan fingerprint density at radius 2 is 1.92 bits per heavy atom. The van der Waals surface area contributed by atoms with Gasteiger partial charge >= 0.3 is 0 Å². The van der Waals surface area contributed by atoms with Crippen molar-refractivity contribution < 1.29 is 19.1 Å². The maximum atomic E-state index is 12.3. The number of nitrogens with zero attached hydrogens (tertiary/aromatic N) is 1. The molecule has 0 aromatic heterocycles. The van der Waals surface area contributed by atoms with E-state index in [0.29, 0.717) is 37.4 Å². The Balaban J connectivity index is 1.91. The topological polar surface area (TPSA) is 108 Å². The normalized spacial score (nSPS) is 16.5. The number of nitrogens with two attached hydrogens (primary N) is 2. The number of carbonyl (C=O) groups is 2. The van der Waals surface area contributed by atoms with Gasteiger partial charge in [-0.15, -0.1) is 0 Å². The van der Waals surface area contributed by atoms with Crippen molar-refractivity contribution >= 4 is 11.8 Å². The van der Waals surface area contributed by atoms with E-state index in [-0.39, 0.29) is 12.5 Å². The first-order valence-corrected chi connectivity index (χ1v) is 8.06. The fourth-order valence-electron chi connectivity index (χ4n) is 2.68. The summed E-state index contributed by atoms with van der Waals surface area (Å²) in [6, 6.07) is 5.65. The number of amides is 2. The monoisotopic (exact) mass is 335 g/mol. The molecule has 1 aromatic carbocycles. The number of methoxy groups -OCH3 is 1. The minimum absolute atomic E-state index is 0.0873. The molecule has 0 unspecified atom stereocenters. The fourth-order valence-corrected chi connectivity index (χ4v) is 2.68. The molecule has 0 aliphatic carbocycles. The van der Waals surface area contributed by atoms with Crippen LogP contribution in [0.3, 0.4) is 0 Å². The number of hydrogen-bond donors (Lipinski definition) is 2. The molecule has 0 saturated carbocycles. The molecule has 1 heterocycles. The quantitative estimate of drug-likeness (QED) is 0.784. The molecule has 0 spiro atoms. The number of likely N-dealkylation sites (tertiary alicyclic amines) is 1. The van der Waals surface area contributed by atoms with E-state index in [1.54, 1.807) is 18.1 Å². The molecule has 7 nitrogen and oxygen atoms in total. The molecule has 0 bridgehead atoms. The lowest BCUT2D eigenvalue weighted by molar-refractivity contribution is -0.137. The zero-order chi connectivity index (χ0) is 17.7. The van der Waals surface area contributed by atoms with E-state index >= 15 is 0 Å². The highest BCUT2D eigenvalue weighted by Gasteiger charge is 2.37. The minimum Gasteiger partial charge on any atom is -0.493 e. The van der Waals surface area contributed by atoms with E-state index in [2.05, 4.69) is 6.92 Å². The second-order valence-electron chi connectivity index (χ2n) is 6.03. The van der Waals surface area contributed by atoms with Crippen LogP contribution in [0.25, 0.3) is 0 Å². The Morgan fingerprint density at radius 1 is 1.25 bits per heavy atom. The van der Waals surface area contributed by atoms with E-state index in [1.807, 2.05) is 12.1 Å². The number of carbonyl (C=O) groups excluding carboxylic acids is 2. The number of primary amides is 1. The maximum absolute atomic E-state index is 12.3. The lowest BCUT2D eigenvalue weighted by atomic mass is 9.88. The molecule has 0 atom stereocenters. The summed E-state index contributed by atoms with van der Waals surface area (Å²) >= 11 is 0. The van der Waals surface area contributed by atoms with Gasteiger partial charge in [-0.05, 0) is 37.0 Å². The summed E-state index contributed by atoms with van der Waals surface area (Å²) in [6.07, 6.45) is 1.62. The van der Waals surface area contributed by atoms with Gasteiger partial charge in [0.15, 0.2) is 18.1 Å². The number of hydrogen-bond acceptors (Lipinski definition) is 5. The van der Waals surface area contributed by atoms with E-state index < -0.39 is 11.4 Å². The van der Waals surface area contributed by atoms with Crippen LogP contribution < -0.4 is 20.9 Å². The van der Waals surface area contributed by atoms with Crippen LogP contribution in [0.1, 0.15) is 25.3 Å². The first-order valence-electron chi connectivity index (χ1n) is 8.06. The van der Waals surface area contributed by atoms with Crippen molar-refractivity contribution in [3.63, 3.8) is 0 Å². The van der Waals surface area contributed by atoms with E-state index in [4.69, 9.17) is 20.9 Å². The highest BCUT2D eigenvalue weighted by atomic mass is 16.5. The van der Waals surface area contributed by atoms with E-state index in [0.717, 1.165) is 12.0 Å². The van der Waals surface area contributed by atoms with Gasteiger partial charge in [0.05, 0.1) is 12.6 Å². The van der Waals surface area contributed by atoms with Gasteiger partial charge in [0.1, 0.15) is 0 Å². The Hall–Kier alpha value is -2.28. The Bertz CT molecular complexity index is 610. The van der Waals surface area contributed by atoms with Gasteiger partial charge in [-0.3, -0.25) is 9.59 Å². The molecule has 1 fully saturated rings. The van der Waals surface area contributed by atoms with Gasteiger partial charge in [-0.25, -0.2) is 0 Å². The van der Waals surface area contributed by atoms with Gasteiger partial charge in [-0.1, -0.05) is 13.0 Å². The fraction of sp³-hybridized carbons (Fsp3) is 0.529. The molecule has 1 aromatic rings. The average Bonchev–Trinajstić information content (AvgIpc) is 2.60. The zero-order valence-corrected chi connectivity index (χ0v) is 14.2. The number of rotatable bonds is 6. The molecule has 24 heavy (non-hydrogen) atoms. The van der Waals surface area contributed by atoms with Crippen LogP contribution in [0.5, 0.6) is 11.5 Å². The molecular weight excluding hydrogens is 310 g/mol. The molecule has 2 rings (SSSR count). The van der Waals surface area contributed by atoms with Gasteiger partial charge in [-0.2, -0.15) is 0 Å². The van der Waals surface area contributed by atoms with Crippen molar-refractivity contribution in [2.24, 2.45) is 11.5 Å². The van der Waals surface area contributed by atoms with Crippen molar-refractivity contribution in [1.82, 2.24) is 4.90 Å². The Morgan fingerprint density at radius 3 is 2.46 bits per heavy atom. The minimum atomic E-state index is -1.02. The predicted molar refractivity (Wildman–Crippen MR) is 89.8 cm³/mol. The highest BCUT2D eigenvalue weighted by molar-refractivity contribution is 5.85. The number of piperidine rings is 1. The number of ether oxygens (including phenoxy) is 2. The van der Waals surface area contributed by atoms with Crippen molar-refractivity contribution in [1.29, 1.82) is 0 Å². The van der Waals surface area contributed by atoms with Crippen LogP contribution in [0, 0.1) is 0 Å². The summed E-state index contributed by atoms with van der Waals surface area (Å²) in [5.74, 6) is 0.468. The van der Waals surface area contributed by atoms with Crippen LogP contribution in [-0.4, -0.2) is 49.1 Å². The molecule has 7 heteroatoms. The zero-order valence-electron chi connectivity index (χ0n) is 14.2. The molecule has 1 saturated heterocycles. The molecule has 132 valence electrons. The average molecular weight is 335 g/mol. The SMILES string of the molecule is CCc1ccc(OCC(=O)N2CCC(N)(C(N)=O)CC2)c(OC)c1. The third-order valence-corrected chi connectivity index (χ3v) is 4.49. The predicted octanol–water partition coefficient (Wildman–Crippen LogP) is 0.442. The van der Waals surface area contributed by atoms with E-state index in [1.165, 1.54) is 0 Å². The molecule has 2 amide bonds.